The van der Waals surface area contributed by atoms with Crippen molar-refractivity contribution in [1.82, 2.24) is 14.9 Å². The summed E-state index contributed by atoms with van der Waals surface area (Å²) in [5.41, 5.74) is 7.15. The highest BCUT2D eigenvalue weighted by atomic mass is 32.2. The number of nitrogens with two attached hydrogens (primary N) is 1. The zero-order chi connectivity index (χ0) is 22.7. The monoisotopic (exact) mass is 484 g/mol. The molecule has 16 heteroatoms. The molecule has 168 valence electrons. The summed E-state index contributed by atoms with van der Waals surface area (Å²) in [7, 11) is -10.2. The van der Waals surface area contributed by atoms with Crippen LogP contribution in [0.15, 0.2) is 27.6 Å². The second-order valence-electron chi connectivity index (χ2n) is 6.06. The zero-order valence-corrected chi connectivity index (χ0v) is 18.6. The van der Waals surface area contributed by atoms with Crippen LogP contribution in [0.25, 0.3) is 0 Å². The quantitative estimate of drug-likeness (QED) is 0.217. The minimum atomic E-state index is -5.20. The van der Waals surface area contributed by atoms with Crippen LogP contribution in [0.3, 0.4) is 0 Å². The van der Waals surface area contributed by atoms with Gasteiger partial charge in [0, 0.05) is 28.8 Å². The van der Waals surface area contributed by atoms with Crippen molar-refractivity contribution in [3.05, 3.63) is 39.0 Å². The Morgan fingerprint density at radius 3 is 2.53 bits per heavy atom. The number of thioether (sulfide) groups is 1. The van der Waals surface area contributed by atoms with Crippen LogP contribution in [0.4, 0.5) is 5.82 Å². The third-order valence-electron chi connectivity index (χ3n) is 3.81. The molecule has 0 radical (unpaired) electrons. The third-order valence-corrected chi connectivity index (χ3v) is 7.39. The van der Waals surface area contributed by atoms with Gasteiger partial charge >= 0.3 is 15.6 Å². The first-order chi connectivity index (χ1) is 13.8. The molecule has 0 saturated carbocycles. The molecule has 7 N–H and O–H groups in total. The molecule has 0 spiro atoms. The lowest BCUT2D eigenvalue weighted by Crippen LogP contribution is -2.19. The third kappa shape index (κ3) is 6.77. The van der Waals surface area contributed by atoms with Crippen LogP contribution in [0.1, 0.15) is 24.7 Å². The lowest BCUT2D eigenvalue weighted by Gasteiger charge is -2.22. The summed E-state index contributed by atoms with van der Waals surface area (Å²) in [6, 6.07) is 0. The summed E-state index contributed by atoms with van der Waals surface area (Å²) >= 11 is 1.10. The number of hydrogen-bond acceptors (Lipinski definition) is 11. The van der Waals surface area contributed by atoms with Crippen LogP contribution >= 0.6 is 27.4 Å². The highest BCUT2D eigenvalue weighted by Gasteiger charge is 2.33. The topological polar surface area (TPSA) is 209 Å². The lowest BCUT2D eigenvalue weighted by atomic mass is 10.2. The van der Waals surface area contributed by atoms with Crippen molar-refractivity contribution in [3.63, 3.8) is 0 Å². The van der Waals surface area contributed by atoms with E-state index in [1.807, 2.05) is 0 Å². The molecule has 1 aliphatic rings. The van der Waals surface area contributed by atoms with Crippen molar-refractivity contribution in [3.8, 4) is 0 Å². The van der Waals surface area contributed by atoms with Crippen molar-refractivity contribution >= 4 is 33.2 Å². The number of aliphatic hydroxyl groups excluding tert-OH is 2. The van der Waals surface area contributed by atoms with Gasteiger partial charge in [-0.2, -0.15) is 4.31 Å². The zero-order valence-electron chi connectivity index (χ0n) is 16.0. The molecule has 0 aromatic carbocycles. The Morgan fingerprint density at radius 1 is 1.30 bits per heavy atom. The number of rotatable bonds is 9. The molecule has 0 fully saturated rings. The average Bonchev–Trinajstić information content (AvgIpc) is 2.90. The first kappa shape index (κ1) is 24.8. The number of nitrogens with zero attached hydrogens (tertiary/aromatic N) is 3. The van der Waals surface area contributed by atoms with Crippen LogP contribution in [-0.4, -0.2) is 53.0 Å². The van der Waals surface area contributed by atoms with Crippen LogP contribution in [0.5, 0.6) is 0 Å². The summed E-state index contributed by atoms with van der Waals surface area (Å²) in [6.07, 6.45) is 1.61. The highest BCUT2D eigenvalue weighted by molar-refractivity contribution is 8.07. The molecule has 2 heterocycles. The second-order valence-corrected chi connectivity index (χ2v) is 9.97. The predicted molar refractivity (Wildman–Crippen MR) is 107 cm³/mol. The van der Waals surface area contributed by atoms with Crippen molar-refractivity contribution in [1.29, 1.82) is 0 Å². The van der Waals surface area contributed by atoms with E-state index in [2.05, 4.69) is 18.8 Å². The van der Waals surface area contributed by atoms with E-state index in [-0.39, 0.29) is 24.5 Å². The summed E-state index contributed by atoms with van der Waals surface area (Å²) < 4.78 is 30.6. The highest BCUT2D eigenvalue weighted by Crippen LogP contribution is 2.57. The summed E-state index contributed by atoms with van der Waals surface area (Å²) in [5.74, 6) is 0.465. The second kappa shape index (κ2) is 9.77. The van der Waals surface area contributed by atoms with Crippen molar-refractivity contribution in [2.45, 2.75) is 26.8 Å². The maximum Gasteiger partial charge on any atom is 0.481 e. The van der Waals surface area contributed by atoms with Crippen LogP contribution in [-0.2, 0) is 24.5 Å². The Balaban J connectivity index is 2.17. The number of allylic oxidation sites excluding steroid dienone is 1. The Bertz CT molecular complexity index is 965. The maximum absolute atomic E-state index is 11.5. The molecule has 0 aliphatic carbocycles. The number of anilines is 1. The summed E-state index contributed by atoms with van der Waals surface area (Å²) in [5, 5.41) is 19.7. The number of phosphoric ester groups is 1. The number of aromatic nitrogens is 2. The number of nitrogen functional groups attached to an aromatic ring is 1. The Morgan fingerprint density at radius 2 is 1.97 bits per heavy atom. The van der Waals surface area contributed by atoms with Gasteiger partial charge in [0.25, 0.3) is 0 Å². The molecule has 13 nitrogen and oxygen atoms in total. The van der Waals surface area contributed by atoms with E-state index in [9.17, 15) is 24.2 Å². The van der Waals surface area contributed by atoms with Crippen LogP contribution in [0.2, 0.25) is 0 Å². The van der Waals surface area contributed by atoms with E-state index in [0.717, 1.165) is 11.8 Å². The lowest BCUT2D eigenvalue weighted by molar-refractivity contribution is 0.180. The number of aryl methyl sites for hydroxylation is 1. The van der Waals surface area contributed by atoms with Gasteiger partial charge < -0.3 is 35.5 Å². The first-order valence-electron chi connectivity index (χ1n) is 8.33. The van der Waals surface area contributed by atoms with Gasteiger partial charge in [-0.15, -0.1) is 0 Å². The van der Waals surface area contributed by atoms with Gasteiger partial charge in [0.15, 0.2) is 0 Å². The molecule has 0 bridgehead atoms. The number of phosphoric acid groups is 2. The molecule has 1 aromatic heterocycles. The average molecular weight is 484 g/mol. The fourth-order valence-corrected chi connectivity index (χ4v) is 5.23. The summed E-state index contributed by atoms with van der Waals surface area (Å²) in [4.78, 5) is 37.1. The first-order valence-corrected chi connectivity index (χ1v) is 12.2. The molecule has 0 amide bonds. The SMILES string of the molecule is CC1=C(CCOP(=O)(O)OP(=O)(O)O)SC(=C(O)CO)N1Cc1cnc(C)nc1N. The molecular weight excluding hydrogens is 462 g/mol. The standard InChI is InChI=1S/C14H22N4O9P2S/c1-8-12(3-4-26-29(24,25)27-28(21,22)23)30-14(11(20)7-19)18(8)6-10-5-16-9(2)17-13(10)15/h5,19-20H,3-4,6-7H2,1-2H3,(H,24,25)(H2,15,16,17)(H2,21,22,23). The largest absolute Gasteiger partial charge is 0.507 e. The van der Waals surface area contributed by atoms with E-state index >= 15 is 0 Å². The molecule has 1 unspecified atom stereocenters. The van der Waals surface area contributed by atoms with E-state index in [1.54, 1.807) is 24.9 Å². The van der Waals surface area contributed by atoms with E-state index in [4.69, 9.17) is 15.5 Å². The number of aliphatic hydroxyl groups is 2. The predicted octanol–water partition coefficient (Wildman–Crippen LogP) is 1.48. The molecule has 1 aromatic rings. The van der Waals surface area contributed by atoms with Gasteiger partial charge in [-0.05, 0) is 13.8 Å². The molecular formula is C14H22N4O9P2S. The van der Waals surface area contributed by atoms with Gasteiger partial charge in [0.2, 0.25) is 0 Å². The van der Waals surface area contributed by atoms with E-state index in [0.29, 0.717) is 27.0 Å². The molecule has 1 aliphatic heterocycles. The molecule has 0 saturated heterocycles. The Kier molecular flexibility index (Phi) is 8.08. The molecule has 30 heavy (non-hydrogen) atoms. The Hall–Kier alpha value is -1.47. The minimum absolute atomic E-state index is 0.0597. The van der Waals surface area contributed by atoms with Crippen molar-refractivity contribution in [2.24, 2.45) is 0 Å². The Labute approximate surface area is 176 Å². The van der Waals surface area contributed by atoms with Gasteiger partial charge in [-0.3, -0.25) is 4.52 Å². The fourth-order valence-electron chi connectivity index (χ4n) is 2.47. The van der Waals surface area contributed by atoms with Crippen molar-refractivity contribution in [2.75, 3.05) is 18.9 Å². The smallest absolute Gasteiger partial charge is 0.481 e. The number of hydrogen-bond donors (Lipinski definition) is 6. The summed E-state index contributed by atoms with van der Waals surface area (Å²) in [6.45, 7) is 2.58. The minimum Gasteiger partial charge on any atom is -0.507 e. The van der Waals surface area contributed by atoms with Gasteiger partial charge in [-0.1, -0.05) is 11.8 Å². The van der Waals surface area contributed by atoms with Gasteiger partial charge in [0.1, 0.15) is 29.0 Å². The van der Waals surface area contributed by atoms with Gasteiger partial charge in [-0.25, -0.2) is 19.1 Å². The van der Waals surface area contributed by atoms with E-state index < -0.39 is 28.9 Å². The van der Waals surface area contributed by atoms with Crippen molar-refractivity contribution < 1.29 is 42.9 Å². The molecule has 2 rings (SSSR count). The maximum atomic E-state index is 11.5. The van der Waals surface area contributed by atoms with E-state index in [1.165, 1.54) is 0 Å². The fraction of sp³-hybridized carbons (Fsp3) is 0.429. The normalized spacial score (nSPS) is 18.7. The van der Waals surface area contributed by atoms with Crippen LogP contribution in [0, 0.1) is 6.92 Å². The van der Waals surface area contributed by atoms with Crippen LogP contribution < -0.4 is 5.73 Å². The molecule has 1 atom stereocenters. The van der Waals surface area contributed by atoms with Gasteiger partial charge in [0.05, 0.1) is 13.2 Å².